The molecule has 1 amide bonds. The summed E-state index contributed by atoms with van der Waals surface area (Å²) in [5.41, 5.74) is 6.30. The average molecular weight is 234 g/mol. The Balaban J connectivity index is 1.73. The maximum absolute atomic E-state index is 10.7. The summed E-state index contributed by atoms with van der Waals surface area (Å²) >= 11 is 0. The Morgan fingerprint density at radius 2 is 2.47 bits per heavy atom. The molecule has 2 aliphatic rings. The summed E-state index contributed by atoms with van der Waals surface area (Å²) in [7, 11) is 0. The summed E-state index contributed by atoms with van der Waals surface area (Å²) in [6.07, 6.45) is 1.73. The molecule has 1 aliphatic carbocycles. The van der Waals surface area contributed by atoms with Crippen molar-refractivity contribution in [2.75, 3.05) is 23.7 Å². The van der Waals surface area contributed by atoms with Crippen molar-refractivity contribution in [2.24, 2.45) is 5.92 Å². The summed E-state index contributed by atoms with van der Waals surface area (Å²) in [4.78, 5) is 16.9. The molecule has 0 bridgehead atoms. The van der Waals surface area contributed by atoms with E-state index in [0.717, 1.165) is 25.2 Å². The van der Waals surface area contributed by atoms with Gasteiger partial charge in [0, 0.05) is 19.0 Å². The van der Waals surface area contributed by atoms with Gasteiger partial charge in [0.15, 0.2) is 0 Å². The van der Waals surface area contributed by atoms with Crippen molar-refractivity contribution in [1.82, 2.24) is 10.3 Å². The van der Waals surface area contributed by atoms with Gasteiger partial charge in [0.05, 0.1) is 17.4 Å². The van der Waals surface area contributed by atoms with Crippen LogP contribution in [0.1, 0.15) is 6.42 Å². The smallest absolute Gasteiger partial charge is 0.405 e. The van der Waals surface area contributed by atoms with Crippen LogP contribution in [0.25, 0.3) is 0 Å². The number of hydrogen-bond acceptors (Lipinski definition) is 4. The molecule has 0 radical (unpaired) electrons. The fourth-order valence-corrected chi connectivity index (χ4v) is 2.67. The Labute approximate surface area is 98.4 Å². The zero-order valence-electron chi connectivity index (χ0n) is 9.26. The van der Waals surface area contributed by atoms with Crippen LogP contribution in [0, 0.1) is 5.92 Å². The Hall–Kier alpha value is -1.98. The number of aromatic nitrogens is 1. The lowest BCUT2D eigenvalue weighted by Crippen LogP contribution is -2.41. The zero-order chi connectivity index (χ0) is 12.0. The lowest BCUT2D eigenvalue weighted by molar-refractivity contribution is 0.188. The minimum absolute atomic E-state index is 0.229. The minimum Gasteiger partial charge on any atom is -0.465 e. The van der Waals surface area contributed by atoms with E-state index in [0.29, 0.717) is 11.7 Å². The number of carboxylic acid groups (broad SMARTS) is 1. The number of nitrogens with two attached hydrogens (primary N) is 1. The molecular formula is C11H14N4O2. The molecule has 1 saturated heterocycles. The first-order valence-corrected chi connectivity index (χ1v) is 5.57. The van der Waals surface area contributed by atoms with Crippen molar-refractivity contribution in [1.29, 1.82) is 0 Å². The predicted molar refractivity (Wildman–Crippen MR) is 62.9 cm³/mol. The van der Waals surface area contributed by atoms with Gasteiger partial charge in [0.1, 0.15) is 5.82 Å². The second kappa shape index (κ2) is 3.26. The van der Waals surface area contributed by atoms with E-state index >= 15 is 0 Å². The van der Waals surface area contributed by atoms with Gasteiger partial charge in [-0.05, 0) is 18.6 Å². The van der Waals surface area contributed by atoms with Crippen molar-refractivity contribution in [3.05, 3.63) is 18.3 Å². The Morgan fingerprint density at radius 1 is 1.65 bits per heavy atom. The van der Waals surface area contributed by atoms with Gasteiger partial charge in [0.2, 0.25) is 0 Å². The molecule has 1 aromatic heterocycles. The molecule has 2 fully saturated rings. The second-order valence-corrected chi connectivity index (χ2v) is 4.81. The zero-order valence-corrected chi connectivity index (χ0v) is 9.26. The lowest BCUT2D eigenvalue weighted by atomic mass is 10.2. The van der Waals surface area contributed by atoms with Gasteiger partial charge in [-0.3, -0.25) is 0 Å². The van der Waals surface area contributed by atoms with E-state index in [2.05, 4.69) is 15.2 Å². The molecule has 90 valence electrons. The van der Waals surface area contributed by atoms with Crippen molar-refractivity contribution >= 4 is 17.6 Å². The van der Waals surface area contributed by atoms with Crippen LogP contribution in [0.3, 0.4) is 0 Å². The quantitative estimate of drug-likeness (QED) is 0.693. The second-order valence-electron chi connectivity index (χ2n) is 4.81. The van der Waals surface area contributed by atoms with E-state index < -0.39 is 6.09 Å². The third-order valence-electron chi connectivity index (χ3n) is 3.64. The molecule has 0 aromatic carbocycles. The fraction of sp³-hybridized carbons (Fsp3) is 0.455. The summed E-state index contributed by atoms with van der Waals surface area (Å²) in [6, 6.07) is 3.68. The third kappa shape index (κ3) is 1.65. The average Bonchev–Trinajstić information content (AvgIpc) is 2.79. The summed E-state index contributed by atoms with van der Waals surface area (Å²) in [6.45, 7) is 1.60. The topological polar surface area (TPSA) is 91.5 Å². The van der Waals surface area contributed by atoms with Crippen LogP contribution in [0.5, 0.6) is 0 Å². The Kier molecular flexibility index (Phi) is 1.95. The third-order valence-corrected chi connectivity index (χ3v) is 3.64. The summed E-state index contributed by atoms with van der Waals surface area (Å²) in [5.74, 6) is 0.924. The number of fused-ring (bicyclic) bond motifs is 1. The number of nitrogens with zero attached hydrogens (tertiary/aromatic N) is 2. The molecule has 1 aliphatic heterocycles. The first-order valence-electron chi connectivity index (χ1n) is 5.57. The Bertz CT molecular complexity index is 461. The summed E-state index contributed by atoms with van der Waals surface area (Å²) < 4.78 is 0. The summed E-state index contributed by atoms with van der Waals surface area (Å²) in [5, 5.41) is 11.4. The van der Waals surface area contributed by atoms with Gasteiger partial charge < -0.3 is 21.1 Å². The SMILES string of the molecule is Nc1ccc(N2CC3CC3(NC(=O)O)C2)cn1. The highest BCUT2D eigenvalue weighted by Gasteiger charge is 2.61. The van der Waals surface area contributed by atoms with E-state index in [4.69, 9.17) is 10.8 Å². The first-order chi connectivity index (χ1) is 8.09. The van der Waals surface area contributed by atoms with Crippen molar-refractivity contribution in [3.8, 4) is 0 Å². The van der Waals surface area contributed by atoms with Crippen molar-refractivity contribution in [3.63, 3.8) is 0 Å². The highest BCUT2D eigenvalue weighted by molar-refractivity contribution is 5.68. The number of carbonyl (C=O) groups is 1. The van der Waals surface area contributed by atoms with Crippen LogP contribution in [0.4, 0.5) is 16.3 Å². The van der Waals surface area contributed by atoms with Crippen LogP contribution in [-0.4, -0.2) is 34.8 Å². The highest BCUT2D eigenvalue weighted by atomic mass is 16.4. The lowest BCUT2D eigenvalue weighted by Gasteiger charge is -2.22. The number of anilines is 2. The maximum Gasteiger partial charge on any atom is 0.405 e. The molecule has 17 heavy (non-hydrogen) atoms. The minimum atomic E-state index is -0.940. The Morgan fingerprint density at radius 3 is 3.12 bits per heavy atom. The molecular weight excluding hydrogens is 220 g/mol. The normalized spacial score (nSPS) is 29.9. The van der Waals surface area contributed by atoms with Gasteiger partial charge in [-0.2, -0.15) is 0 Å². The molecule has 2 atom stereocenters. The highest BCUT2D eigenvalue weighted by Crippen LogP contribution is 2.50. The van der Waals surface area contributed by atoms with E-state index in [-0.39, 0.29) is 5.54 Å². The molecule has 1 aromatic rings. The monoisotopic (exact) mass is 234 g/mol. The van der Waals surface area contributed by atoms with Crippen LogP contribution in [0.2, 0.25) is 0 Å². The van der Waals surface area contributed by atoms with Crippen molar-refractivity contribution < 1.29 is 9.90 Å². The van der Waals surface area contributed by atoms with Crippen LogP contribution in [-0.2, 0) is 0 Å². The number of hydrogen-bond donors (Lipinski definition) is 3. The molecule has 1 saturated carbocycles. The van der Waals surface area contributed by atoms with E-state index in [1.807, 2.05) is 6.07 Å². The van der Waals surface area contributed by atoms with Gasteiger partial charge in [-0.1, -0.05) is 0 Å². The molecule has 6 nitrogen and oxygen atoms in total. The molecule has 2 heterocycles. The van der Waals surface area contributed by atoms with Crippen LogP contribution < -0.4 is 16.0 Å². The number of pyridine rings is 1. The van der Waals surface area contributed by atoms with Crippen LogP contribution in [0.15, 0.2) is 18.3 Å². The van der Waals surface area contributed by atoms with Crippen LogP contribution >= 0.6 is 0 Å². The molecule has 3 rings (SSSR count). The van der Waals surface area contributed by atoms with Gasteiger partial charge in [-0.15, -0.1) is 0 Å². The largest absolute Gasteiger partial charge is 0.465 e. The van der Waals surface area contributed by atoms with Gasteiger partial charge >= 0.3 is 6.09 Å². The predicted octanol–water partition coefficient (Wildman–Crippen LogP) is 0.510. The van der Waals surface area contributed by atoms with Gasteiger partial charge in [-0.25, -0.2) is 9.78 Å². The molecule has 4 N–H and O–H groups in total. The van der Waals surface area contributed by atoms with Crippen molar-refractivity contribution in [2.45, 2.75) is 12.0 Å². The van der Waals surface area contributed by atoms with Gasteiger partial charge in [0.25, 0.3) is 0 Å². The number of nitrogens with one attached hydrogen (secondary N) is 1. The molecule has 0 spiro atoms. The van der Waals surface area contributed by atoms with E-state index in [1.165, 1.54) is 0 Å². The number of amides is 1. The molecule has 2 unspecified atom stereocenters. The van der Waals surface area contributed by atoms with E-state index in [9.17, 15) is 4.79 Å². The maximum atomic E-state index is 10.7. The molecule has 6 heteroatoms. The first kappa shape index (κ1) is 10.2. The number of nitrogen functional groups attached to an aromatic ring is 1. The van der Waals surface area contributed by atoms with E-state index in [1.54, 1.807) is 12.3 Å². The fourth-order valence-electron chi connectivity index (χ4n) is 2.67. The standard InChI is InChI=1S/C11H14N4O2/c12-9-2-1-8(4-13-9)15-5-7-3-11(7,6-15)14-10(16)17/h1-2,4,7,14H,3,5-6H2,(H2,12,13)(H,16,17). The number of rotatable bonds is 2. The number of piperidine rings is 1.